The fourth-order valence-electron chi connectivity index (χ4n) is 3.32. The first-order valence-electron chi connectivity index (χ1n) is 9.44. The summed E-state index contributed by atoms with van der Waals surface area (Å²) in [6.45, 7) is 3.85. The van der Waals surface area contributed by atoms with Crippen LogP contribution in [-0.2, 0) is 16.0 Å². The monoisotopic (exact) mass is 385 g/mol. The number of nitrogens with zero attached hydrogens (tertiary/aromatic N) is 3. The molecule has 6 nitrogen and oxygen atoms in total. The van der Waals surface area contributed by atoms with Gasteiger partial charge < -0.3 is 14.5 Å². The van der Waals surface area contributed by atoms with Gasteiger partial charge in [-0.25, -0.2) is 9.18 Å². The Hall–Kier alpha value is -2.96. The van der Waals surface area contributed by atoms with Crippen molar-refractivity contribution in [2.24, 2.45) is 0 Å². The van der Waals surface area contributed by atoms with Gasteiger partial charge in [-0.05, 0) is 36.8 Å². The molecule has 0 aliphatic carbocycles. The van der Waals surface area contributed by atoms with Crippen molar-refractivity contribution < 1.29 is 18.7 Å². The van der Waals surface area contributed by atoms with Gasteiger partial charge in [0.15, 0.2) is 0 Å². The summed E-state index contributed by atoms with van der Waals surface area (Å²) >= 11 is 0. The normalized spacial score (nSPS) is 15.2. The number of carbonyl (C=O) groups is 2. The second-order valence-electron chi connectivity index (χ2n) is 6.64. The van der Waals surface area contributed by atoms with Crippen LogP contribution in [0.25, 0.3) is 0 Å². The van der Waals surface area contributed by atoms with Crippen LogP contribution in [0.5, 0.6) is 0 Å². The van der Waals surface area contributed by atoms with Crippen LogP contribution in [0.1, 0.15) is 24.1 Å². The number of pyridine rings is 1. The largest absolute Gasteiger partial charge is 0.450 e. The quantitative estimate of drug-likeness (QED) is 0.794. The van der Waals surface area contributed by atoms with Gasteiger partial charge in [0.05, 0.1) is 12.5 Å². The standard InChI is InChI=1S/C21H24FN3O3/c1-2-28-21(27)25-13-11-24(12-14-25)20(26)19(15-18-5-3-4-10-23-18)16-6-8-17(22)9-7-16/h3-10,19H,2,11-15H2,1H3. The summed E-state index contributed by atoms with van der Waals surface area (Å²) in [7, 11) is 0. The highest BCUT2D eigenvalue weighted by Gasteiger charge is 2.30. The molecule has 1 aromatic heterocycles. The smallest absolute Gasteiger partial charge is 0.409 e. The molecule has 1 unspecified atom stereocenters. The molecular weight excluding hydrogens is 361 g/mol. The highest BCUT2D eigenvalue weighted by molar-refractivity contribution is 5.84. The molecule has 1 aromatic carbocycles. The van der Waals surface area contributed by atoms with E-state index in [0.717, 1.165) is 11.3 Å². The first-order valence-corrected chi connectivity index (χ1v) is 9.44. The second-order valence-corrected chi connectivity index (χ2v) is 6.64. The van der Waals surface area contributed by atoms with Crippen molar-refractivity contribution in [2.45, 2.75) is 19.3 Å². The highest BCUT2D eigenvalue weighted by Crippen LogP contribution is 2.24. The average Bonchev–Trinajstić information content (AvgIpc) is 2.73. The van der Waals surface area contributed by atoms with E-state index >= 15 is 0 Å². The molecule has 0 radical (unpaired) electrons. The molecule has 148 valence electrons. The van der Waals surface area contributed by atoms with E-state index in [1.165, 1.54) is 12.1 Å². The summed E-state index contributed by atoms with van der Waals surface area (Å²) in [6.07, 6.45) is 1.78. The Morgan fingerprint density at radius 2 is 1.75 bits per heavy atom. The molecule has 0 bridgehead atoms. The van der Waals surface area contributed by atoms with Gasteiger partial charge in [0.2, 0.25) is 5.91 Å². The van der Waals surface area contributed by atoms with Gasteiger partial charge in [-0.1, -0.05) is 18.2 Å². The van der Waals surface area contributed by atoms with Gasteiger partial charge in [-0.2, -0.15) is 0 Å². The van der Waals surface area contributed by atoms with Crippen molar-refractivity contribution in [3.8, 4) is 0 Å². The lowest BCUT2D eigenvalue weighted by Crippen LogP contribution is -2.52. The van der Waals surface area contributed by atoms with Gasteiger partial charge in [0.25, 0.3) is 0 Å². The zero-order valence-corrected chi connectivity index (χ0v) is 15.9. The molecular formula is C21H24FN3O3. The number of benzene rings is 1. The Morgan fingerprint density at radius 1 is 1.07 bits per heavy atom. The molecule has 3 rings (SSSR count). The lowest BCUT2D eigenvalue weighted by Gasteiger charge is -2.36. The fourth-order valence-corrected chi connectivity index (χ4v) is 3.32. The number of hydrogen-bond acceptors (Lipinski definition) is 4. The summed E-state index contributed by atoms with van der Waals surface area (Å²) in [4.78, 5) is 32.8. The van der Waals surface area contributed by atoms with Crippen LogP contribution in [0.4, 0.5) is 9.18 Å². The number of rotatable bonds is 5. The highest BCUT2D eigenvalue weighted by atomic mass is 19.1. The molecule has 0 N–H and O–H groups in total. The van der Waals surface area contributed by atoms with Crippen LogP contribution < -0.4 is 0 Å². The Labute approximate surface area is 163 Å². The van der Waals surface area contributed by atoms with Crippen LogP contribution in [0, 0.1) is 5.82 Å². The van der Waals surface area contributed by atoms with Crippen LogP contribution in [-0.4, -0.2) is 59.6 Å². The fraction of sp³-hybridized carbons (Fsp3) is 0.381. The lowest BCUT2D eigenvalue weighted by molar-refractivity contribution is -0.134. The van der Waals surface area contributed by atoms with Crippen molar-refractivity contribution in [3.05, 3.63) is 65.7 Å². The lowest BCUT2D eigenvalue weighted by atomic mass is 9.92. The van der Waals surface area contributed by atoms with Crippen molar-refractivity contribution in [1.29, 1.82) is 0 Å². The number of piperazine rings is 1. The number of ether oxygens (including phenoxy) is 1. The molecule has 0 spiro atoms. The summed E-state index contributed by atoms with van der Waals surface area (Å²) in [5.41, 5.74) is 1.56. The summed E-state index contributed by atoms with van der Waals surface area (Å²) < 4.78 is 18.4. The van der Waals surface area contributed by atoms with Gasteiger partial charge in [-0.15, -0.1) is 0 Å². The zero-order valence-electron chi connectivity index (χ0n) is 15.9. The van der Waals surface area contributed by atoms with E-state index in [2.05, 4.69) is 4.98 Å². The Balaban J connectivity index is 1.73. The molecule has 2 amide bonds. The van der Waals surface area contributed by atoms with E-state index in [0.29, 0.717) is 39.2 Å². The van der Waals surface area contributed by atoms with Crippen molar-refractivity contribution in [3.63, 3.8) is 0 Å². The first kappa shape index (κ1) is 19.8. The Kier molecular flexibility index (Phi) is 6.57. The second kappa shape index (κ2) is 9.30. The third kappa shape index (κ3) is 4.85. The third-order valence-electron chi connectivity index (χ3n) is 4.83. The maximum Gasteiger partial charge on any atom is 0.409 e. The minimum atomic E-state index is -0.454. The predicted octanol–water partition coefficient (Wildman–Crippen LogP) is 2.85. The molecule has 2 aromatic rings. The van der Waals surface area contributed by atoms with E-state index in [-0.39, 0.29) is 17.8 Å². The summed E-state index contributed by atoms with van der Waals surface area (Å²) in [5, 5.41) is 0. The zero-order chi connectivity index (χ0) is 19.9. The predicted molar refractivity (Wildman–Crippen MR) is 102 cm³/mol. The first-order chi connectivity index (χ1) is 13.6. The number of carbonyl (C=O) groups excluding carboxylic acids is 2. The topological polar surface area (TPSA) is 62.7 Å². The van der Waals surface area contributed by atoms with Crippen LogP contribution in [0.2, 0.25) is 0 Å². The molecule has 1 aliphatic heterocycles. The summed E-state index contributed by atoms with van der Waals surface area (Å²) in [5.74, 6) is -0.832. The van der Waals surface area contributed by atoms with Crippen LogP contribution >= 0.6 is 0 Å². The average molecular weight is 385 g/mol. The van der Waals surface area contributed by atoms with E-state index in [1.807, 2.05) is 18.2 Å². The molecule has 2 heterocycles. The van der Waals surface area contributed by atoms with E-state index in [4.69, 9.17) is 4.74 Å². The molecule has 1 fully saturated rings. The molecule has 7 heteroatoms. The number of halogens is 1. The van der Waals surface area contributed by atoms with E-state index in [9.17, 15) is 14.0 Å². The van der Waals surface area contributed by atoms with E-state index < -0.39 is 5.92 Å². The third-order valence-corrected chi connectivity index (χ3v) is 4.83. The number of aromatic nitrogens is 1. The molecule has 0 saturated carbocycles. The maximum atomic E-state index is 13.4. The Bertz CT molecular complexity index is 790. The number of amides is 2. The van der Waals surface area contributed by atoms with Gasteiger partial charge in [0.1, 0.15) is 5.82 Å². The van der Waals surface area contributed by atoms with Gasteiger partial charge in [0, 0.05) is 44.5 Å². The number of hydrogen-bond donors (Lipinski definition) is 0. The van der Waals surface area contributed by atoms with Crippen molar-refractivity contribution in [2.75, 3.05) is 32.8 Å². The molecule has 1 saturated heterocycles. The van der Waals surface area contributed by atoms with Gasteiger partial charge in [-0.3, -0.25) is 9.78 Å². The Morgan fingerprint density at radius 3 is 2.36 bits per heavy atom. The SMILES string of the molecule is CCOC(=O)N1CCN(C(=O)C(Cc2ccccn2)c2ccc(F)cc2)CC1. The molecule has 1 atom stereocenters. The summed E-state index contributed by atoms with van der Waals surface area (Å²) in [6, 6.07) is 11.6. The minimum absolute atomic E-state index is 0.0410. The van der Waals surface area contributed by atoms with Crippen molar-refractivity contribution >= 4 is 12.0 Å². The minimum Gasteiger partial charge on any atom is -0.450 e. The van der Waals surface area contributed by atoms with Crippen molar-refractivity contribution in [1.82, 2.24) is 14.8 Å². The maximum absolute atomic E-state index is 13.4. The van der Waals surface area contributed by atoms with Crippen LogP contribution in [0.15, 0.2) is 48.7 Å². The van der Waals surface area contributed by atoms with E-state index in [1.54, 1.807) is 35.1 Å². The van der Waals surface area contributed by atoms with Crippen LogP contribution in [0.3, 0.4) is 0 Å². The molecule has 1 aliphatic rings. The molecule has 28 heavy (non-hydrogen) atoms. The van der Waals surface area contributed by atoms with Gasteiger partial charge >= 0.3 is 6.09 Å².